The van der Waals surface area contributed by atoms with Crippen LogP contribution in [0.1, 0.15) is 18.4 Å². The van der Waals surface area contributed by atoms with Crippen LogP contribution in [-0.2, 0) is 11.3 Å². The number of hydrogen-bond acceptors (Lipinski definition) is 5. The second kappa shape index (κ2) is 11.4. The number of benzene rings is 1. The summed E-state index contributed by atoms with van der Waals surface area (Å²) in [5.41, 5.74) is 12.4. The van der Waals surface area contributed by atoms with Crippen LogP contribution < -0.4 is 11.5 Å². The fourth-order valence-corrected chi connectivity index (χ4v) is 4.43. The highest BCUT2D eigenvalue weighted by Crippen LogP contribution is 2.23. The SMILES string of the molecule is C=C(N)/C=C(\C=C/N)CN1CCC(C(=O)N2CCN(Cc3c(F)ccc(F)c3F)CC2)CC1. The lowest BCUT2D eigenvalue weighted by molar-refractivity contribution is -0.138. The molecule has 2 heterocycles. The van der Waals surface area contributed by atoms with E-state index in [1.807, 2.05) is 9.80 Å². The Balaban J connectivity index is 1.47. The van der Waals surface area contributed by atoms with E-state index in [1.165, 1.54) is 6.20 Å². The van der Waals surface area contributed by atoms with Gasteiger partial charge in [0, 0.05) is 56.4 Å². The first-order valence-electron chi connectivity index (χ1n) is 11.2. The van der Waals surface area contributed by atoms with Crippen LogP contribution in [0.4, 0.5) is 13.2 Å². The highest BCUT2D eigenvalue weighted by Gasteiger charge is 2.31. The van der Waals surface area contributed by atoms with Gasteiger partial charge in [0.05, 0.1) is 0 Å². The molecule has 1 amide bonds. The summed E-state index contributed by atoms with van der Waals surface area (Å²) in [7, 11) is 0. The molecule has 0 atom stereocenters. The molecule has 3 rings (SSSR count). The van der Waals surface area contributed by atoms with Crippen LogP contribution in [-0.4, -0.2) is 66.4 Å². The molecular weight excluding hydrogens is 431 g/mol. The van der Waals surface area contributed by atoms with E-state index in [4.69, 9.17) is 11.5 Å². The molecule has 2 aliphatic rings. The summed E-state index contributed by atoms with van der Waals surface area (Å²) in [5.74, 6) is -2.86. The number of piperidine rings is 1. The normalized spacial score (nSPS) is 19.4. The molecule has 180 valence electrons. The van der Waals surface area contributed by atoms with Gasteiger partial charge < -0.3 is 16.4 Å². The number of nitrogens with two attached hydrogens (primary N) is 2. The van der Waals surface area contributed by atoms with Crippen LogP contribution >= 0.6 is 0 Å². The van der Waals surface area contributed by atoms with Crippen LogP contribution in [0.25, 0.3) is 0 Å². The van der Waals surface area contributed by atoms with Crippen LogP contribution in [0.2, 0.25) is 0 Å². The summed E-state index contributed by atoms with van der Waals surface area (Å²) in [6.45, 7) is 7.92. The van der Waals surface area contributed by atoms with E-state index in [-0.39, 0.29) is 23.9 Å². The predicted octanol–water partition coefficient (Wildman–Crippen LogP) is 2.33. The Morgan fingerprint density at radius 2 is 1.67 bits per heavy atom. The molecule has 0 aliphatic carbocycles. The monoisotopic (exact) mass is 463 g/mol. The smallest absolute Gasteiger partial charge is 0.225 e. The number of carbonyl (C=O) groups excluding carboxylic acids is 1. The lowest BCUT2D eigenvalue weighted by atomic mass is 9.94. The Hall–Kier alpha value is -2.78. The molecule has 9 heteroatoms. The zero-order valence-corrected chi connectivity index (χ0v) is 18.8. The van der Waals surface area contributed by atoms with Crippen molar-refractivity contribution in [3.63, 3.8) is 0 Å². The van der Waals surface area contributed by atoms with Gasteiger partial charge in [-0.05, 0) is 62.0 Å². The average molecular weight is 464 g/mol. The van der Waals surface area contributed by atoms with E-state index in [1.54, 1.807) is 12.2 Å². The van der Waals surface area contributed by atoms with Gasteiger partial charge in [-0.25, -0.2) is 13.2 Å². The van der Waals surface area contributed by atoms with Crippen molar-refractivity contribution in [3.05, 3.63) is 71.3 Å². The maximum absolute atomic E-state index is 13.9. The van der Waals surface area contributed by atoms with Crippen LogP contribution in [0.15, 0.2) is 48.3 Å². The lowest BCUT2D eigenvalue weighted by Crippen LogP contribution is -2.51. The maximum atomic E-state index is 13.9. The van der Waals surface area contributed by atoms with Crippen molar-refractivity contribution in [2.45, 2.75) is 19.4 Å². The quantitative estimate of drug-likeness (QED) is 0.479. The van der Waals surface area contributed by atoms with Gasteiger partial charge in [0.2, 0.25) is 5.91 Å². The molecule has 0 bridgehead atoms. The number of rotatable bonds is 7. The van der Waals surface area contributed by atoms with Crippen molar-refractivity contribution in [1.29, 1.82) is 0 Å². The molecule has 6 nitrogen and oxygen atoms in total. The molecule has 33 heavy (non-hydrogen) atoms. The van der Waals surface area contributed by atoms with Crippen molar-refractivity contribution in [3.8, 4) is 0 Å². The molecule has 1 aromatic rings. The van der Waals surface area contributed by atoms with Gasteiger partial charge in [0.25, 0.3) is 0 Å². The second-order valence-corrected chi connectivity index (χ2v) is 8.63. The molecule has 2 fully saturated rings. The standard InChI is InChI=1S/C24H32F3N5O/c1-17(29)14-18(4-7-28)15-30-8-5-19(6-9-30)24(33)32-12-10-31(11-13-32)16-20-21(25)2-3-22(26)23(20)27/h2-4,7,14,19H,1,5-6,8-13,15-16,28-29H2/b7-4-,18-14+. The topological polar surface area (TPSA) is 78.8 Å². The summed E-state index contributed by atoms with van der Waals surface area (Å²) in [6.07, 6.45) is 6.60. The highest BCUT2D eigenvalue weighted by atomic mass is 19.2. The van der Waals surface area contributed by atoms with E-state index < -0.39 is 17.5 Å². The summed E-state index contributed by atoms with van der Waals surface area (Å²) >= 11 is 0. The minimum absolute atomic E-state index is 0.0157. The number of halogens is 3. The Bertz CT molecular complexity index is 917. The zero-order valence-electron chi connectivity index (χ0n) is 18.8. The average Bonchev–Trinajstić information content (AvgIpc) is 2.79. The fraction of sp³-hybridized carbons (Fsp3) is 0.458. The molecular formula is C24H32F3N5O. The first kappa shape index (κ1) is 24.9. The Morgan fingerprint density at radius 3 is 2.27 bits per heavy atom. The molecule has 0 saturated carbocycles. The number of likely N-dealkylation sites (tertiary alicyclic amines) is 1. The van der Waals surface area contributed by atoms with E-state index >= 15 is 0 Å². The zero-order chi connectivity index (χ0) is 24.0. The number of nitrogens with zero attached hydrogens (tertiary/aromatic N) is 3. The molecule has 2 saturated heterocycles. The Kier molecular flexibility index (Phi) is 8.57. The number of piperazine rings is 1. The molecule has 0 aromatic heterocycles. The fourth-order valence-electron chi connectivity index (χ4n) is 4.43. The van der Waals surface area contributed by atoms with Crippen LogP contribution in [0, 0.1) is 23.4 Å². The van der Waals surface area contributed by atoms with Gasteiger partial charge in [0.15, 0.2) is 11.6 Å². The van der Waals surface area contributed by atoms with Gasteiger partial charge in [-0.2, -0.15) is 0 Å². The maximum Gasteiger partial charge on any atom is 0.225 e. The van der Waals surface area contributed by atoms with Crippen molar-refractivity contribution in [2.75, 3.05) is 45.8 Å². The Labute approximate surface area is 193 Å². The third-order valence-corrected chi connectivity index (χ3v) is 6.23. The van der Waals surface area contributed by atoms with Gasteiger partial charge >= 0.3 is 0 Å². The second-order valence-electron chi connectivity index (χ2n) is 8.63. The molecule has 4 N–H and O–H groups in total. The number of carbonyl (C=O) groups is 1. The summed E-state index contributed by atoms with van der Waals surface area (Å²) in [6, 6.07) is 1.73. The summed E-state index contributed by atoms with van der Waals surface area (Å²) in [5, 5.41) is 0. The van der Waals surface area contributed by atoms with E-state index in [0.29, 0.717) is 38.4 Å². The minimum Gasteiger partial charge on any atom is -0.405 e. The van der Waals surface area contributed by atoms with Crippen LogP contribution in [0.5, 0.6) is 0 Å². The molecule has 0 unspecified atom stereocenters. The Morgan fingerprint density at radius 1 is 1.03 bits per heavy atom. The first-order valence-corrected chi connectivity index (χ1v) is 11.2. The summed E-state index contributed by atoms with van der Waals surface area (Å²) in [4.78, 5) is 18.9. The molecule has 0 spiro atoms. The first-order chi connectivity index (χ1) is 15.8. The third-order valence-electron chi connectivity index (χ3n) is 6.23. The lowest BCUT2D eigenvalue weighted by Gasteiger charge is -2.38. The highest BCUT2D eigenvalue weighted by molar-refractivity contribution is 5.79. The van der Waals surface area contributed by atoms with Gasteiger partial charge in [0.1, 0.15) is 5.82 Å². The van der Waals surface area contributed by atoms with Gasteiger partial charge in [-0.1, -0.05) is 6.58 Å². The number of hydrogen-bond donors (Lipinski definition) is 2. The summed E-state index contributed by atoms with van der Waals surface area (Å²) < 4.78 is 41.3. The van der Waals surface area contributed by atoms with Gasteiger partial charge in [-0.3, -0.25) is 14.6 Å². The van der Waals surface area contributed by atoms with Crippen molar-refractivity contribution in [2.24, 2.45) is 17.4 Å². The predicted molar refractivity (Wildman–Crippen MR) is 122 cm³/mol. The van der Waals surface area contributed by atoms with E-state index in [0.717, 1.165) is 43.6 Å². The van der Waals surface area contributed by atoms with Crippen molar-refractivity contribution >= 4 is 5.91 Å². The van der Waals surface area contributed by atoms with E-state index in [9.17, 15) is 18.0 Å². The largest absolute Gasteiger partial charge is 0.405 e. The van der Waals surface area contributed by atoms with Crippen molar-refractivity contribution in [1.82, 2.24) is 14.7 Å². The number of allylic oxidation sites excluding steroid dienone is 1. The number of amides is 1. The third kappa shape index (κ3) is 6.61. The van der Waals surface area contributed by atoms with Gasteiger partial charge in [-0.15, -0.1) is 0 Å². The van der Waals surface area contributed by atoms with Crippen molar-refractivity contribution < 1.29 is 18.0 Å². The van der Waals surface area contributed by atoms with Crippen LogP contribution in [0.3, 0.4) is 0 Å². The molecule has 1 aromatic carbocycles. The molecule has 0 radical (unpaired) electrons. The minimum atomic E-state index is -1.14. The molecule has 2 aliphatic heterocycles. The van der Waals surface area contributed by atoms with E-state index in [2.05, 4.69) is 11.5 Å².